The van der Waals surface area contributed by atoms with Crippen molar-refractivity contribution >= 4 is 24.0 Å². The van der Waals surface area contributed by atoms with Gasteiger partial charge in [0.2, 0.25) is 0 Å². The molecule has 9 nitrogen and oxygen atoms in total. The van der Waals surface area contributed by atoms with Crippen LogP contribution in [0.3, 0.4) is 0 Å². The molecule has 0 aliphatic carbocycles. The Morgan fingerprint density at radius 1 is 1.29 bits per heavy atom. The van der Waals surface area contributed by atoms with E-state index >= 15 is 0 Å². The molecule has 1 aliphatic rings. The molecule has 1 fully saturated rings. The van der Waals surface area contributed by atoms with Gasteiger partial charge in [0.15, 0.2) is 6.04 Å². The first-order valence-corrected chi connectivity index (χ1v) is 7.56. The average Bonchev–Trinajstić information content (AvgIpc) is 2.42. The third kappa shape index (κ3) is 6.84. The number of hydrogen-bond donors (Lipinski definition) is 2. The topological polar surface area (TPSA) is 128 Å². The maximum absolute atomic E-state index is 12.1. The molecule has 0 aromatic rings. The minimum atomic E-state index is -1.23. The maximum atomic E-state index is 12.1. The van der Waals surface area contributed by atoms with Crippen LogP contribution in [0.5, 0.6) is 0 Å². The molecule has 1 aliphatic heterocycles. The van der Waals surface area contributed by atoms with Crippen molar-refractivity contribution in [3.05, 3.63) is 0 Å². The van der Waals surface area contributed by atoms with Crippen LogP contribution in [0.4, 0.5) is 4.79 Å². The zero-order valence-corrected chi connectivity index (χ0v) is 14.2. The Morgan fingerprint density at radius 2 is 1.92 bits per heavy atom. The number of carboxylic acid groups (broad SMARTS) is 1. The number of alkyl carbamates (subject to hydrolysis) is 1. The molecule has 2 unspecified atom stereocenters. The van der Waals surface area contributed by atoms with Crippen molar-refractivity contribution in [2.75, 3.05) is 6.61 Å². The van der Waals surface area contributed by atoms with Crippen LogP contribution in [0.2, 0.25) is 0 Å². The first-order chi connectivity index (χ1) is 11.0. The van der Waals surface area contributed by atoms with E-state index in [9.17, 15) is 19.2 Å². The van der Waals surface area contributed by atoms with Crippen molar-refractivity contribution in [2.24, 2.45) is 5.92 Å². The average molecular weight is 345 g/mol. The summed E-state index contributed by atoms with van der Waals surface area (Å²) in [5, 5.41) is 11.1. The standard InChI is InChI=1S/C15H23NO8/c1-8-5-9(6-11(17)18)12(19)22-7-10(13(20)23-8)16-14(21)24-15(2,3)4/h8-10H,5-7H2,1-4H3,(H,16,21)(H,17,18)/t8?,9?,10-/m0/s1. The van der Waals surface area contributed by atoms with Crippen LogP contribution in [0.1, 0.15) is 40.5 Å². The fourth-order valence-electron chi connectivity index (χ4n) is 2.10. The highest BCUT2D eigenvalue weighted by Crippen LogP contribution is 2.18. The SMILES string of the molecule is CC1CC(CC(=O)O)C(=O)OC[C@H](NC(=O)OC(C)(C)C)C(=O)O1. The summed E-state index contributed by atoms with van der Waals surface area (Å²) in [6.07, 6.45) is -1.95. The summed E-state index contributed by atoms with van der Waals surface area (Å²) in [4.78, 5) is 46.6. The molecule has 3 atom stereocenters. The van der Waals surface area contributed by atoms with Gasteiger partial charge in [-0.15, -0.1) is 0 Å². The number of hydrogen-bond acceptors (Lipinski definition) is 7. The summed E-state index contributed by atoms with van der Waals surface area (Å²) in [6.45, 7) is 6.06. The lowest BCUT2D eigenvalue weighted by Gasteiger charge is -2.22. The van der Waals surface area contributed by atoms with Crippen molar-refractivity contribution in [1.82, 2.24) is 5.32 Å². The predicted octanol–water partition coefficient (Wildman–Crippen LogP) is 0.849. The largest absolute Gasteiger partial charge is 0.481 e. The predicted molar refractivity (Wildman–Crippen MR) is 80.0 cm³/mol. The second-order valence-corrected chi connectivity index (χ2v) is 6.61. The molecule has 1 rings (SSSR count). The van der Waals surface area contributed by atoms with E-state index in [0.717, 1.165) is 0 Å². The lowest BCUT2D eigenvalue weighted by molar-refractivity contribution is -0.154. The van der Waals surface area contributed by atoms with Gasteiger partial charge < -0.3 is 24.6 Å². The number of rotatable bonds is 3. The van der Waals surface area contributed by atoms with Gasteiger partial charge in [-0.05, 0) is 34.1 Å². The van der Waals surface area contributed by atoms with Crippen LogP contribution in [-0.4, -0.2) is 53.5 Å². The highest BCUT2D eigenvalue weighted by molar-refractivity contribution is 5.83. The van der Waals surface area contributed by atoms with Gasteiger partial charge in [0.25, 0.3) is 0 Å². The number of aliphatic carboxylic acids is 1. The van der Waals surface area contributed by atoms with Crippen molar-refractivity contribution in [3.63, 3.8) is 0 Å². The van der Waals surface area contributed by atoms with E-state index in [-0.39, 0.29) is 6.42 Å². The van der Waals surface area contributed by atoms with Gasteiger partial charge in [-0.25, -0.2) is 9.59 Å². The number of carbonyl (C=O) groups excluding carboxylic acids is 3. The summed E-state index contributed by atoms with van der Waals surface area (Å²) in [5.74, 6) is -3.61. The number of nitrogens with one attached hydrogen (secondary N) is 1. The second-order valence-electron chi connectivity index (χ2n) is 6.61. The summed E-state index contributed by atoms with van der Waals surface area (Å²) in [5.41, 5.74) is -0.761. The molecule has 24 heavy (non-hydrogen) atoms. The molecule has 9 heteroatoms. The number of cyclic esters (lactones) is 2. The Hall–Kier alpha value is -2.32. The van der Waals surface area contributed by atoms with Crippen LogP contribution in [0.25, 0.3) is 0 Å². The molecular weight excluding hydrogens is 322 g/mol. The summed E-state index contributed by atoms with van der Waals surface area (Å²) in [6, 6.07) is -1.23. The van der Waals surface area contributed by atoms with E-state index in [1.807, 2.05) is 0 Å². The van der Waals surface area contributed by atoms with Gasteiger partial charge in [0, 0.05) is 0 Å². The van der Waals surface area contributed by atoms with E-state index in [1.54, 1.807) is 20.8 Å². The van der Waals surface area contributed by atoms with E-state index in [4.69, 9.17) is 19.3 Å². The van der Waals surface area contributed by atoms with Crippen molar-refractivity contribution in [3.8, 4) is 0 Å². The number of esters is 2. The van der Waals surface area contributed by atoms with Crippen LogP contribution in [-0.2, 0) is 28.6 Å². The molecule has 136 valence electrons. The molecule has 1 heterocycles. The molecule has 1 amide bonds. The summed E-state index contributed by atoms with van der Waals surface area (Å²) < 4.78 is 15.1. The van der Waals surface area contributed by atoms with Gasteiger partial charge in [0.1, 0.15) is 12.2 Å². The highest BCUT2D eigenvalue weighted by Gasteiger charge is 2.34. The molecule has 0 radical (unpaired) electrons. The van der Waals surface area contributed by atoms with E-state index in [1.165, 1.54) is 6.92 Å². The maximum Gasteiger partial charge on any atom is 0.408 e. The van der Waals surface area contributed by atoms with Gasteiger partial charge in [-0.2, -0.15) is 0 Å². The Balaban J connectivity index is 2.79. The molecule has 0 aromatic heterocycles. The van der Waals surface area contributed by atoms with Gasteiger partial charge >= 0.3 is 24.0 Å². The third-order valence-corrected chi connectivity index (χ3v) is 3.06. The highest BCUT2D eigenvalue weighted by atomic mass is 16.6. The molecule has 1 saturated heterocycles. The van der Waals surface area contributed by atoms with Crippen LogP contribution in [0, 0.1) is 5.92 Å². The zero-order valence-electron chi connectivity index (χ0n) is 14.2. The Bertz CT molecular complexity index is 510. The zero-order chi connectivity index (χ0) is 18.5. The minimum absolute atomic E-state index is 0.0238. The van der Waals surface area contributed by atoms with Crippen LogP contribution >= 0.6 is 0 Å². The third-order valence-electron chi connectivity index (χ3n) is 3.06. The number of ether oxygens (including phenoxy) is 3. The quantitative estimate of drug-likeness (QED) is 0.569. The van der Waals surface area contributed by atoms with Crippen molar-refractivity contribution < 1.29 is 38.5 Å². The Kier molecular flexibility index (Phi) is 6.56. The van der Waals surface area contributed by atoms with Gasteiger partial charge in [0.05, 0.1) is 18.4 Å². The fourth-order valence-corrected chi connectivity index (χ4v) is 2.10. The number of carboxylic acids is 1. The first-order valence-electron chi connectivity index (χ1n) is 7.56. The second kappa shape index (κ2) is 7.98. The molecule has 0 saturated carbocycles. The molecule has 2 N–H and O–H groups in total. The number of amides is 1. The van der Waals surface area contributed by atoms with Crippen molar-refractivity contribution in [2.45, 2.75) is 58.3 Å². The Morgan fingerprint density at radius 3 is 2.46 bits per heavy atom. The van der Waals surface area contributed by atoms with Crippen molar-refractivity contribution in [1.29, 1.82) is 0 Å². The fraction of sp³-hybridized carbons (Fsp3) is 0.733. The molecule has 0 aromatic carbocycles. The normalized spacial score (nSPS) is 25.4. The molecule has 0 bridgehead atoms. The monoisotopic (exact) mass is 345 g/mol. The Labute approximate surface area is 139 Å². The van der Waals surface area contributed by atoms with Gasteiger partial charge in [-0.3, -0.25) is 9.59 Å². The van der Waals surface area contributed by atoms with Crippen LogP contribution < -0.4 is 5.32 Å². The molecular formula is C15H23NO8. The van der Waals surface area contributed by atoms with E-state index < -0.39 is 60.7 Å². The van der Waals surface area contributed by atoms with E-state index in [0.29, 0.717) is 0 Å². The molecule has 0 spiro atoms. The van der Waals surface area contributed by atoms with Gasteiger partial charge in [-0.1, -0.05) is 0 Å². The van der Waals surface area contributed by atoms with E-state index in [2.05, 4.69) is 5.32 Å². The number of carbonyl (C=O) groups is 4. The summed E-state index contributed by atoms with van der Waals surface area (Å²) >= 11 is 0. The first kappa shape index (κ1) is 19.7. The lowest BCUT2D eigenvalue weighted by atomic mass is 9.99. The van der Waals surface area contributed by atoms with Crippen LogP contribution in [0.15, 0.2) is 0 Å². The minimum Gasteiger partial charge on any atom is -0.481 e. The lowest BCUT2D eigenvalue weighted by Crippen LogP contribution is -2.47. The summed E-state index contributed by atoms with van der Waals surface area (Å²) in [7, 11) is 0. The smallest absolute Gasteiger partial charge is 0.408 e.